The van der Waals surface area contributed by atoms with E-state index in [4.69, 9.17) is 0 Å². The molecule has 0 spiro atoms. The van der Waals surface area contributed by atoms with E-state index in [0.29, 0.717) is 17.2 Å². The first-order valence-corrected chi connectivity index (χ1v) is 9.15. The van der Waals surface area contributed by atoms with E-state index in [1.807, 2.05) is 36.4 Å². The number of benzene rings is 1. The van der Waals surface area contributed by atoms with Gasteiger partial charge in [0.15, 0.2) is 0 Å². The van der Waals surface area contributed by atoms with Crippen LogP contribution in [0.3, 0.4) is 0 Å². The van der Waals surface area contributed by atoms with E-state index < -0.39 is 6.10 Å². The number of aliphatic hydroxyl groups excluding tert-OH is 1. The maximum Gasteiger partial charge on any atom is 0.261 e. The zero-order valence-electron chi connectivity index (χ0n) is 14.1. The predicted octanol–water partition coefficient (Wildman–Crippen LogP) is 2.63. The Kier molecular flexibility index (Phi) is 4.40. The number of amides is 1. The van der Waals surface area contributed by atoms with Gasteiger partial charge in [0.1, 0.15) is 0 Å². The largest absolute Gasteiger partial charge is 0.390 e. The molecule has 1 aliphatic carbocycles. The Morgan fingerprint density at radius 1 is 1.23 bits per heavy atom. The summed E-state index contributed by atoms with van der Waals surface area (Å²) in [5, 5.41) is 16.2. The van der Waals surface area contributed by atoms with E-state index in [1.54, 1.807) is 19.3 Å². The smallest absolute Gasteiger partial charge is 0.261 e. The highest BCUT2D eigenvalue weighted by molar-refractivity contribution is 7.17. The van der Waals surface area contributed by atoms with Crippen LogP contribution in [-0.4, -0.2) is 34.1 Å². The summed E-state index contributed by atoms with van der Waals surface area (Å²) >= 11 is 1.37. The molecule has 0 fully saturated rings. The minimum atomic E-state index is -0.601. The van der Waals surface area contributed by atoms with E-state index in [1.165, 1.54) is 11.3 Å². The third kappa shape index (κ3) is 3.07. The second kappa shape index (κ2) is 6.86. The monoisotopic (exact) mass is 366 g/mol. The molecule has 1 amide bonds. The van der Waals surface area contributed by atoms with Gasteiger partial charge in [-0.2, -0.15) is 0 Å². The molecule has 132 valence electrons. The molecule has 2 aromatic heterocycles. The predicted molar refractivity (Wildman–Crippen MR) is 101 cm³/mol. The number of nitrogens with zero attached hydrogens (tertiary/aromatic N) is 2. The average Bonchev–Trinajstić information content (AvgIpc) is 3.27. The molecular weight excluding hydrogens is 348 g/mol. The van der Waals surface area contributed by atoms with Gasteiger partial charge < -0.3 is 15.7 Å². The maximum absolute atomic E-state index is 12.7. The molecule has 0 aliphatic heterocycles. The average molecular weight is 366 g/mol. The second-order valence-corrected chi connectivity index (χ2v) is 7.18. The van der Waals surface area contributed by atoms with Crippen molar-refractivity contribution in [3.63, 3.8) is 0 Å². The highest BCUT2D eigenvalue weighted by Gasteiger charge is 2.32. The molecule has 4 rings (SSSR count). The van der Waals surface area contributed by atoms with Gasteiger partial charge in [0.25, 0.3) is 5.91 Å². The van der Waals surface area contributed by atoms with Crippen LogP contribution in [0.5, 0.6) is 0 Å². The lowest BCUT2D eigenvalue weighted by atomic mass is 10.1. The van der Waals surface area contributed by atoms with Crippen molar-refractivity contribution in [1.29, 1.82) is 0 Å². The molecule has 2 atom stereocenters. The maximum atomic E-state index is 12.7. The summed E-state index contributed by atoms with van der Waals surface area (Å²) in [6.07, 6.45) is 1.64. The summed E-state index contributed by atoms with van der Waals surface area (Å²) in [6, 6.07) is 12.9. The van der Waals surface area contributed by atoms with Gasteiger partial charge in [-0.25, -0.2) is 9.97 Å². The summed E-state index contributed by atoms with van der Waals surface area (Å²) in [4.78, 5) is 22.6. The van der Waals surface area contributed by atoms with E-state index in [-0.39, 0.29) is 11.9 Å². The first-order valence-electron chi connectivity index (χ1n) is 8.33. The third-order valence-corrected chi connectivity index (χ3v) is 5.56. The standard InChI is InChI=1S/C19H18N4O2S/c1-20-19-21-9-8-13(22-19)15-6-7-16(26-15)18(25)23-17-12-5-3-2-4-11(12)10-14(17)24/h2-9,14,17,24H,10H2,1H3,(H,23,25)(H,20,21,22)/t14-,17?/m1/s1. The normalized spacial score (nSPS) is 18.4. The van der Waals surface area contributed by atoms with Gasteiger partial charge in [-0.3, -0.25) is 4.79 Å². The van der Waals surface area contributed by atoms with Gasteiger partial charge in [-0.1, -0.05) is 24.3 Å². The molecule has 0 saturated carbocycles. The topological polar surface area (TPSA) is 87.1 Å². The number of hydrogen-bond acceptors (Lipinski definition) is 6. The van der Waals surface area contributed by atoms with Gasteiger partial charge >= 0.3 is 0 Å². The van der Waals surface area contributed by atoms with Crippen LogP contribution in [0.4, 0.5) is 5.95 Å². The summed E-state index contributed by atoms with van der Waals surface area (Å²) < 4.78 is 0. The number of anilines is 1. The van der Waals surface area contributed by atoms with Crippen molar-refractivity contribution in [1.82, 2.24) is 15.3 Å². The van der Waals surface area contributed by atoms with Gasteiger partial charge in [0.2, 0.25) is 5.95 Å². The number of carbonyl (C=O) groups is 1. The Labute approximate surface area is 154 Å². The van der Waals surface area contributed by atoms with Crippen LogP contribution in [-0.2, 0) is 6.42 Å². The fraction of sp³-hybridized carbons (Fsp3) is 0.211. The molecule has 6 nitrogen and oxygen atoms in total. The van der Waals surface area contributed by atoms with E-state index in [2.05, 4.69) is 20.6 Å². The van der Waals surface area contributed by atoms with Crippen LogP contribution in [0.2, 0.25) is 0 Å². The molecule has 3 N–H and O–H groups in total. The van der Waals surface area contributed by atoms with E-state index >= 15 is 0 Å². The number of rotatable bonds is 4. The quantitative estimate of drug-likeness (QED) is 0.661. The number of aromatic nitrogens is 2. The number of carbonyl (C=O) groups excluding carboxylic acids is 1. The van der Waals surface area contributed by atoms with Crippen molar-refractivity contribution < 1.29 is 9.90 Å². The van der Waals surface area contributed by atoms with Gasteiger partial charge in [-0.15, -0.1) is 11.3 Å². The Morgan fingerprint density at radius 2 is 2.08 bits per heavy atom. The highest BCUT2D eigenvalue weighted by Crippen LogP contribution is 2.32. The van der Waals surface area contributed by atoms with Crippen molar-refractivity contribution in [2.24, 2.45) is 0 Å². The first kappa shape index (κ1) is 16.7. The van der Waals surface area contributed by atoms with Crippen LogP contribution in [0.15, 0.2) is 48.7 Å². The molecule has 3 aromatic rings. The molecule has 0 saturated heterocycles. The van der Waals surface area contributed by atoms with Gasteiger partial charge in [0.05, 0.1) is 27.6 Å². The number of hydrogen-bond donors (Lipinski definition) is 3. The first-order chi connectivity index (χ1) is 12.7. The van der Waals surface area contributed by atoms with E-state index in [9.17, 15) is 9.90 Å². The Morgan fingerprint density at radius 3 is 2.92 bits per heavy atom. The van der Waals surface area contributed by atoms with Crippen LogP contribution in [0.1, 0.15) is 26.8 Å². The lowest BCUT2D eigenvalue weighted by Gasteiger charge is -2.17. The minimum Gasteiger partial charge on any atom is -0.390 e. The molecule has 7 heteroatoms. The molecule has 1 aliphatic rings. The van der Waals surface area contributed by atoms with Crippen molar-refractivity contribution >= 4 is 23.2 Å². The Bertz CT molecular complexity index is 956. The highest BCUT2D eigenvalue weighted by atomic mass is 32.1. The molecule has 2 heterocycles. The molecular formula is C19H18N4O2S. The fourth-order valence-corrected chi connectivity index (χ4v) is 4.05. The van der Waals surface area contributed by atoms with Crippen molar-refractivity contribution in [3.8, 4) is 10.6 Å². The van der Waals surface area contributed by atoms with Gasteiger partial charge in [0, 0.05) is 19.7 Å². The molecule has 1 aromatic carbocycles. The van der Waals surface area contributed by atoms with E-state index in [0.717, 1.165) is 21.7 Å². The minimum absolute atomic E-state index is 0.190. The lowest BCUT2D eigenvalue weighted by molar-refractivity contribution is 0.0862. The summed E-state index contributed by atoms with van der Waals surface area (Å²) in [5.41, 5.74) is 2.83. The Hall–Kier alpha value is -2.77. The second-order valence-electron chi connectivity index (χ2n) is 6.10. The summed E-state index contributed by atoms with van der Waals surface area (Å²) in [5.74, 6) is 0.345. The lowest BCUT2D eigenvalue weighted by Crippen LogP contribution is -2.33. The Balaban J connectivity index is 1.54. The third-order valence-electron chi connectivity index (χ3n) is 4.45. The van der Waals surface area contributed by atoms with Crippen LogP contribution >= 0.6 is 11.3 Å². The van der Waals surface area contributed by atoms with Gasteiger partial charge in [-0.05, 0) is 29.3 Å². The fourth-order valence-electron chi connectivity index (χ4n) is 3.17. The van der Waals surface area contributed by atoms with Crippen molar-refractivity contribution in [2.75, 3.05) is 12.4 Å². The van der Waals surface area contributed by atoms with Crippen LogP contribution in [0.25, 0.3) is 10.6 Å². The van der Waals surface area contributed by atoms with Crippen LogP contribution in [0, 0.1) is 0 Å². The number of nitrogens with one attached hydrogen (secondary N) is 2. The molecule has 26 heavy (non-hydrogen) atoms. The summed E-state index contributed by atoms with van der Waals surface area (Å²) in [7, 11) is 1.76. The van der Waals surface area contributed by atoms with Crippen molar-refractivity contribution in [2.45, 2.75) is 18.6 Å². The SMILES string of the molecule is CNc1nccc(-c2ccc(C(=O)NC3c4ccccc4C[C@H]3O)s2)n1. The molecule has 1 unspecified atom stereocenters. The number of thiophene rings is 1. The zero-order valence-corrected chi connectivity index (χ0v) is 15.0. The van der Waals surface area contributed by atoms with Crippen molar-refractivity contribution in [3.05, 3.63) is 64.7 Å². The number of aliphatic hydroxyl groups is 1. The molecule has 0 radical (unpaired) electrons. The van der Waals surface area contributed by atoms with Crippen LogP contribution < -0.4 is 10.6 Å². The molecule has 0 bridgehead atoms. The number of fused-ring (bicyclic) bond motifs is 1. The zero-order chi connectivity index (χ0) is 18.1. The summed E-state index contributed by atoms with van der Waals surface area (Å²) in [6.45, 7) is 0.